The molecule has 2 amide bonds. The highest BCUT2D eigenvalue weighted by atomic mass is 32.2. The van der Waals surface area contributed by atoms with Crippen LogP contribution in [0.2, 0.25) is 0 Å². The van der Waals surface area contributed by atoms with E-state index in [1.165, 1.54) is 24.3 Å². The second kappa shape index (κ2) is 8.60. The molecule has 1 fully saturated rings. The number of anilines is 2. The van der Waals surface area contributed by atoms with Crippen LogP contribution in [0.15, 0.2) is 47.4 Å². The van der Waals surface area contributed by atoms with Crippen LogP contribution in [0.25, 0.3) is 0 Å². The zero-order chi connectivity index (χ0) is 21.0. The molecule has 0 aromatic heterocycles. The van der Waals surface area contributed by atoms with Gasteiger partial charge in [-0.25, -0.2) is 12.8 Å². The van der Waals surface area contributed by atoms with Crippen molar-refractivity contribution in [2.45, 2.75) is 31.1 Å². The molecule has 0 unspecified atom stereocenters. The number of hydrogen-bond donors (Lipinski definition) is 2. The molecule has 0 bridgehead atoms. The van der Waals surface area contributed by atoms with E-state index < -0.39 is 15.8 Å². The van der Waals surface area contributed by atoms with Crippen LogP contribution in [-0.4, -0.2) is 38.2 Å². The molecule has 3 rings (SSSR count). The highest BCUT2D eigenvalue weighted by Gasteiger charge is 2.22. The Labute approximate surface area is 169 Å². The maximum Gasteiger partial charge on any atom is 0.262 e. The average molecular weight is 419 g/mol. The van der Waals surface area contributed by atoms with E-state index in [9.17, 15) is 22.4 Å². The van der Waals surface area contributed by atoms with Gasteiger partial charge in [0.2, 0.25) is 11.8 Å². The highest BCUT2D eigenvalue weighted by Crippen LogP contribution is 2.24. The number of sulfonamides is 1. The van der Waals surface area contributed by atoms with Crippen LogP contribution in [0.3, 0.4) is 0 Å². The number of amides is 2. The molecular formula is C20H22FN3O4S. The van der Waals surface area contributed by atoms with Crippen LogP contribution in [0.1, 0.15) is 24.8 Å². The Kier molecular flexibility index (Phi) is 6.17. The first-order chi connectivity index (χ1) is 13.8. The summed E-state index contributed by atoms with van der Waals surface area (Å²) in [5, 5.41) is 2.65. The Bertz CT molecular complexity index is 1040. The van der Waals surface area contributed by atoms with Crippen molar-refractivity contribution < 1.29 is 22.4 Å². The minimum atomic E-state index is -4.05. The SMILES string of the molecule is Cc1ccc(NC(=O)CCN2CCCC2=O)cc1S(=O)(=O)Nc1ccccc1F. The topological polar surface area (TPSA) is 95.6 Å². The third-order valence-corrected chi connectivity index (χ3v) is 6.17. The number of halogens is 1. The predicted octanol–water partition coefficient (Wildman–Crippen LogP) is 2.89. The van der Waals surface area contributed by atoms with Crippen molar-refractivity contribution in [3.8, 4) is 0 Å². The van der Waals surface area contributed by atoms with Crippen LogP contribution in [0.5, 0.6) is 0 Å². The van der Waals surface area contributed by atoms with Crippen LogP contribution >= 0.6 is 0 Å². The lowest BCUT2D eigenvalue weighted by atomic mass is 10.2. The van der Waals surface area contributed by atoms with Crippen molar-refractivity contribution in [1.29, 1.82) is 0 Å². The van der Waals surface area contributed by atoms with E-state index in [0.29, 0.717) is 30.8 Å². The maximum absolute atomic E-state index is 13.8. The molecule has 1 saturated heterocycles. The maximum atomic E-state index is 13.8. The number of nitrogens with one attached hydrogen (secondary N) is 2. The molecule has 1 heterocycles. The number of likely N-dealkylation sites (tertiary alicyclic amines) is 1. The monoisotopic (exact) mass is 419 g/mol. The molecule has 0 saturated carbocycles. The fourth-order valence-electron chi connectivity index (χ4n) is 3.11. The van der Waals surface area contributed by atoms with Gasteiger partial charge in [-0.2, -0.15) is 0 Å². The highest BCUT2D eigenvalue weighted by molar-refractivity contribution is 7.92. The summed E-state index contributed by atoms with van der Waals surface area (Å²) < 4.78 is 41.5. The van der Waals surface area contributed by atoms with Crippen LogP contribution in [-0.2, 0) is 19.6 Å². The van der Waals surface area contributed by atoms with Crippen molar-refractivity contribution >= 4 is 33.2 Å². The molecule has 2 aromatic rings. The summed E-state index contributed by atoms with van der Waals surface area (Å²) in [6, 6.07) is 9.96. The number of aryl methyl sites for hydroxylation is 1. The Balaban J connectivity index is 1.71. The van der Waals surface area contributed by atoms with Gasteiger partial charge < -0.3 is 10.2 Å². The van der Waals surface area contributed by atoms with Gasteiger partial charge >= 0.3 is 0 Å². The molecule has 2 N–H and O–H groups in total. The molecule has 154 valence electrons. The van der Waals surface area contributed by atoms with E-state index in [4.69, 9.17) is 0 Å². The second-order valence-electron chi connectivity index (χ2n) is 6.85. The van der Waals surface area contributed by atoms with E-state index in [0.717, 1.165) is 12.5 Å². The Hall–Kier alpha value is -2.94. The molecule has 2 aromatic carbocycles. The molecule has 0 spiro atoms. The zero-order valence-electron chi connectivity index (χ0n) is 15.9. The first-order valence-corrected chi connectivity index (χ1v) is 10.7. The van der Waals surface area contributed by atoms with Gasteiger partial charge in [0.25, 0.3) is 10.0 Å². The van der Waals surface area contributed by atoms with Gasteiger partial charge in [-0.05, 0) is 43.2 Å². The van der Waals surface area contributed by atoms with Crippen LogP contribution < -0.4 is 10.0 Å². The first kappa shape index (κ1) is 20.8. The normalized spacial score (nSPS) is 14.1. The van der Waals surface area contributed by atoms with Crippen molar-refractivity contribution in [2.24, 2.45) is 0 Å². The molecule has 0 aliphatic carbocycles. The van der Waals surface area contributed by atoms with Crippen LogP contribution in [0.4, 0.5) is 15.8 Å². The van der Waals surface area contributed by atoms with Crippen molar-refractivity contribution in [3.05, 3.63) is 53.8 Å². The quantitative estimate of drug-likeness (QED) is 0.721. The summed E-state index contributed by atoms with van der Waals surface area (Å²) in [7, 11) is -4.05. The fraction of sp³-hybridized carbons (Fsp3) is 0.300. The summed E-state index contributed by atoms with van der Waals surface area (Å²) in [6.45, 7) is 2.60. The smallest absolute Gasteiger partial charge is 0.262 e. The van der Waals surface area contributed by atoms with Crippen molar-refractivity contribution in [3.63, 3.8) is 0 Å². The number of para-hydroxylation sites is 1. The molecule has 1 aliphatic rings. The Morgan fingerprint density at radius 1 is 1.21 bits per heavy atom. The molecule has 0 atom stereocenters. The lowest BCUT2D eigenvalue weighted by molar-refractivity contribution is -0.128. The molecule has 7 nitrogen and oxygen atoms in total. The minimum Gasteiger partial charge on any atom is -0.342 e. The summed E-state index contributed by atoms with van der Waals surface area (Å²) in [6.07, 6.45) is 1.43. The summed E-state index contributed by atoms with van der Waals surface area (Å²) in [4.78, 5) is 25.4. The van der Waals surface area contributed by atoms with Crippen molar-refractivity contribution in [1.82, 2.24) is 4.90 Å². The van der Waals surface area contributed by atoms with Gasteiger partial charge in [-0.3, -0.25) is 14.3 Å². The number of nitrogens with zero attached hydrogens (tertiary/aromatic N) is 1. The van der Waals surface area contributed by atoms with Gasteiger partial charge in [0.1, 0.15) is 5.82 Å². The van der Waals surface area contributed by atoms with E-state index in [1.54, 1.807) is 24.0 Å². The summed E-state index contributed by atoms with van der Waals surface area (Å²) >= 11 is 0. The van der Waals surface area contributed by atoms with Gasteiger partial charge in [0, 0.05) is 31.6 Å². The van der Waals surface area contributed by atoms with Gasteiger partial charge in [-0.15, -0.1) is 0 Å². The molecule has 29 heavy (non-hydrogen) atoms. The van der Waals surface area contributed by atoms with E-state index >= 15 is 0 Å². The molecule has 9 heteroatoms. The Morgan fingerprint density at radius 2 is 1.97 bits per heavy atom. The molecule has 0 radical (unpaired) electrons. The second-order valence-corrected chi connectivity index (χ2v) is 8.50. The third-order valence-electron chi connectivity index (χ3n) is 4.66. The molecule has 1 aliphatic heterocycles. The van der Waals surface area contributed by atoms with Gasteiger partial charge in [0.05, 0.1) is 10.6 Å². The largest absolute Gasteiger partial charge is 0.342 e. The zero-order valence-corrected chi connectivity index (χ0v) is 16.8. The summed E-state index contributed by atoms with van der Waals surface area (Å²) in [5.74, 6) is -0.964. The standard InChI is InChI=1S/C20H22FN3O4S/c1-14-8-9-15(22-19(25)10-12-24-11-4-7-20(24)26)13-18(14)29(27,28)23-17-6-3-2-5-16(17)21/h2-3,5-6,8-9,13,23H,4,7,10-12H2,1H3,(H,22,25). The number of hydrogen-bond acceptors (Lipinski definition) is 4. The van der Waals surface area contributed by atoms with Gasteiger partial charge in [0.15, 0.2) is 0 Å². The summed E-state index contributed by atoms with van der Waals surface area (Å²) in [5.41, 5.74) is 0.605. The first-order valence-electron chi connectivity index (χ1n) is 9.22. The lowest BCUT2D eigenvalue weighted by Gasteiger charge is -2.15. The predicted molar refractivity (Wildman–Crippen MR) is 107 cm³/mol. The van der Waals surface area contributed by atoms with Crippen LogP contribution in [0, 0.1) is 12.7 Å². The number of rotatable bonds is 7. The Morgan fingerprint density at radius 3 is 2.66 bits per heavy atom. The van der Waals surface area contributed by atoms with Gasteiger partial charge in [-0.1, -0.05) is 18.2 Å². The van der Waals surface area contributed by atoms with E-state index in [1.807, 2.05) is 0 Å². The third kappa shape index (κ3) is 5.11. The number of carbonyl (C=O) groups excluding carboxylic acids is 2. The number of benzene rings is 2. The molecular weight excluding hydrogens is 397 g/mol. The number of carbonyl (C=O) groups is 2. The average Bonchev–Trinajstić information content (AvgIpc) is 3.08. The lowest BCUT2D eigenvalue weighted by Crippen LogP contribution is -2.28. The van der Waals surface area contributed by atoms with Crippen molar-refractivity contribution in [2.75, 3.05) is 23.1 Å². The fourth-order valence-corrected chi connectivity index (χ4v) is 4.45. The minimum absolute atomic E-state index is 0.0423. The van der Waals surface area contributed by atoms with E-state index in [-0.39, 0.29) is 28.8 Å². The van der Waals surface area contributed by atoms with E-state index in [2.05, 4.69) is 10.0 Å².